The van der Waals surface area contributed by atoms with Crippen molar-refractivity contribution < 1.29 is 24.2 Å². The van der Waals surface area contributed by atoms with Crippen molar-refractivity contribution in [1.29, 1.82) is 0 Å². The summed E-state index contributed by atoms with van der Waals surface area (Å²) in [5, 5.41) is 10.3. The minimum Gasteiger partial charge on any atom is -0.489 e. The Hall–Kier alpha value is -4.89. The summed E-state index contributed by atoms with van der Waals surface area (Å²) in [4.78, 5) is 30.6. The second kappa shape index (κ2) is 11.7. The minimum atomic E-state index is -1.22. The number of ether oxygens (including phenoxy) is 2. The molecule has 0 amide bonds. The molecule has 0 fully saturated rings. The van der Waals surface area contributed by atoms with E-state index >= 15 is 0 Å². The van der Waals surface area contributed by atoms with Gasteiger partial charge in [0.25, 0.3) is 0 Å². The first-order valence-corrected chi connectivity index (χ1v) is 12.7. The Morgan fingerprint density at radius 1 is 0.846 bits per heavy atom. The number of aliphatic carboxylic acids is 1. The van der Waals surface area contributed by atoms with E-state index in [0.717, 1.165) is 17.3 Å². The Morgan fingerprint density at radius 3 is 2.33 bits per heavy atom. The molecule has 1 N–H and O–H groups in total. The van der Waals surface area contributed by atoms with Crippen molar-refractivity contribution in [2.24, 2.45) is 0 Å². The number of pyridine rings is 1. The number of allylic oxidation sites excluding steroid dienone is 1. The maximum Gasteiger partial charge on any atom is 0.336 e. The number of methoxy groups -OCH3 is 1. The number of aromatic nitrogens is 3. The number of carbonyl (C=O) groups excluding carboxylic acids is 1. The van der Waals surface area contributed by atoms with E-state index in [2.05, 4.69) is 13.7 Å². The molecule has 0 saturated heterocycles. The maximum atomic E-state index is 13.9. The number of Topliss-reactive ketones (excluding diaryl/α,β-unsaturated/α-hetero) is 1. The lowest BCUT2D eigenvalue weighted by Gasteiger charge is -2.14. The van der Waals surface area contributed by atoms with E-state index in [0.29, 0.717) is 46.0 Å². The molecule has 5 rings (SSSR count). The maximum absolute atomic E-state index is 13.9. The lowest BCUT2D eigenvalue weighted by molar-refractivity contribution is -0.130. The zero-order valence-electron chi connectivity index (χ0n) is 20.9. The first-order valence-electron chi connectivity index (χ1n) is 12.0. The molecule has 0 saturated carbocycles. The van der Waals surface area contributed by atoms with Gasteiger partial charge in [0.15, 0.2) is 5.78 Å². The molecule has 39 heavy (non-hydrogen) atoms. The molecule has 0 radical (unpaired) electrons. The highest BCUT2D eigenvalue weighted by Gasteiger charge is 2.24. The van der Waals surface area contributed by atoms with Gasteiger partial charge in [-0.25, -0.2) is 9.78 Å². The van der Waals surface area contributed by atoms with Crippen molar-refractivity contribution in [3.63, 3.8) is 0 Å². The van der Waals surface area contributed by atoms with E-state index in [1.165, 1.54) is 7.11 Å². The lowest BCUT2D eigenvalue weighted by Crippen LogP contribution is -2.14. The molecule has 0 atom stereocenters. The normalized spacial score (nSPS) is 11.6. The average molecular weight is 538 g/mol. The van der Waals surface area contributed by atoms with E-state index in [9.17, 15) is 14.7 Å². The highest BCUT2D eigenvalue weighted by molar-refractivity contribution is 7.00. The Kier molecular flexibility index (Phi) is 7.70. The van der Waals surface area contributed by atoms with Crippen LogP contribution in [0.5, 0.6) is 11.6 Å². The summed E-state index contributed by atoms with van der Waals surface area (Å²) in [6, 6.07) is 24.8. The van der Waals surface area contributed by atoms with Crippen LogP contribution in [0, 0.1) is 0 Å². The highest BCUT2D eigenvalue weighted by Crippen LogP contribution is 2.29. The van der Waals surface area contributed by atoms with Crippen LogP contribution in [0.25, 0.3) is 16.6 Å². The zero-order chi connectivity index (χ0) is 27.2. The van der Waals surface area contributed by atoms with Gasteiger partial charge in [0.2, 0.25) is 5.88 Å². The van der Waals surface area contributed by atoms with Gasteiger partial charge in [0, 0.05) is 29.8 Å². The van der Waals surface area contributed by atoms with Gasteiger partial charge in [-0.15, -0.1) is 0 Å². The van der Waals surface area contributed by atoms with Crippen LogP contribution in [0.3, 0.4) is 0 Å². The molecule has 5 aromatic rings. The second-order valence-corrected chi connectivity index (χ2v) is 9.17. The number of carboxylic acids is 1. The largest absolute Gasteiger partial charge is 0.489 e. The molecule has 0 spiro atoms. The third kappa shape index (κ3) is 6.00. The van der Waals surface area contributed by atoms with Crippen molar-refractivity contribution in [3.8, 4) is 11.6 Å². The van der Waals surface area contributed by atoms with Crippen molar-refractivity contribution in [1.82, 2.24) is 13.7 Å². The zero-order valence-corrected chi connectivity index (χ0v) is 21.7. The fourth-order valence-corrected chi connectivity index (χ4v) is 4.66. The Morgan fingerprint density at radius 2 is 1.59 bits per heavy atom. The number of ketones is 1. The molecule has 0 aliphatic rings. The summed E-state index contributed by atoms with van der Waals surface area (Å²) in [5.74, 6) is -0.662. The molecule has 0 aliphatic carbocycles. The number of hydrogen-bond acceptors (Lipinski definition) is 8. The van der Waals surface area contributed by atoms with Gasteiger partial charge in [0.1, 0.15) is 23.4 Å². The van der Waals surface area contributed by atoms with Crippen LogP contribution in [0.2, 0.25) is 0 Å². The van der Waals surface area contributed by atoms with Crippen LogP contribution in [0.1, 0.15) is 27.0 Å². The smallest absolute Gasteiger partial charge is 0.336 e. The van der Waals surface area contributed by atoms with Crippen molar-refractivity contribution >= 4 is 40.1 Å². The number of nitrogens with zero attached hydrogens (tertiary/aromatic N) is 3. The monoisotopic (exact) mass is 537 g/mol. The summed E-state index contributed by atoms with van der Waals surface area (Å²) < 4.78 is 19.5. The summed E-state index contributed by atoms with van der Waals surface area (Å²) in [6.07, 6.45) is 1.61. The van der Waals surface area contributed by atoms with Crippen LogP contribution < -0.4 is 9.47 Å². The van der Waals surface area contributed by atoms with Gasteiger partial charge < -0.3 is 14.6 Å². The molecule has 2 aromatic heterocycles. The Bertz CT molecular complexity index is 1660. The first-order chi connectivity index (χ1) is 19.0. The van der Waals surface area contributed by atoms with Gasteiger partial charge in [-0.3, -0.25) is 4.79 Å². The van der Waals surface area contributed by atoms with E-state index < -0.39 is 11.8 Å². The average Bonchev–Trinajstić information content (AvgIpc) is 3.44. The quantitative estimate of drug-likeness (QED) is 0.180. The van der Waals surface area contributed by atoms with Gasteiger partial charge >= 0.3 is 5.97 Å². The predicted octanol–water partition coefficient (Wildman–Crippen LogP) is 5.64. The number of hydrogen-bond donors (Lipinski definition) is 1. The Balaban J connectivity index is 1.52. The van der Waals surface area contributed by atoms with Crippen LogP contribution in [-0.2, 0) is 17.8 Å². The SMILES string of the molecule is COc1cc(CC(C(=O)c2ccc(OCc3ccccc3)cc2)=C(C(=O)O)c2ccc3nsnc3c2)ccn1. The summed E-state index contributed by atoms with van der Waals surface area (Å²) in [5.41, 5.74) is 3.66. The molecule has 9 heteroatoms. The fraction of sp³-hybridized carbons (Fsp3) is 0.100. The van der Waals surface area contributed by atoms with E-state index in [-0.39, 0.29) is 17.6 Å². The van der Waals surface area contributed by atoms with Crippen LogP contribution in [-0.4, -0.2) is 37.7 Å². The molecule has 0 aliphatic heterocycles. The van der Waals surface area contributed by atoms with Gasteiger partial charge in [-0.05, 0) is 59.2 Å². The predicted molar refractivity (Wildman–Crippen MR) is 148 cm³/mol. The number of carboxylic acid groups (broad SMARTS) is 1. The van der Waals surface area contributed by atoms with E-state index in [1.54, 1.807) is 60.8 Å². The van der Waals surface area contributed by atoms with Gasteiger partial charge in [0.05, 0.1) is 24.4 Å². The first kappa shape index (κ1) is 25.7. The standard InChI is InChI=1S/C30H23N3O5S/c1-37-27-16-20(13-14-31-27)15-24(28(30(35)36)22-9-12-25-26(17-22)33-39-32-25)29(34)21-7-10-23(11-8-21)38-18-19-5-3-2-4-6-19/h2-14,16-17H,15,18H2,1H3,(H,35,36). The number of benzene rings is 3. The van der Waals surface area contributed by atoms with Crippen molar-refractivity contribution in [2.45, 2.75) is 13.0 Å². The van der Waals surface area contributed by atoms with E-state index in [1.807, 2.05) is 30.3 Å². The summed E-state index contributed by atoms with van der Waals surface area (Å²) in [7, 11) is 1.50. The molecule has 194 valence electrons. The molecule has 0 unspecified atom stereocenters. The molecule has 2 heterocycles. The third-order valence-electron chi connectivity index (χ3n) is 6.09. The molecule has 3 aromatic carbocycles. The highest BCUT2D eigenvalue weighted by atomic mass is 32.1. The minimum absolute atomic E-state index is 0.0545. The van der Waals surface area contributed by atoms with Crippen molar-refractivity contribution in [2.75, 3.05) is 7.11 Å². The number of carbonyl (C=O) groups is 2. The third-order valence-corrected chi connectivity index (χ3v) is 6.64. The van der Waals surface area contributed by atoms with Gasteiger partial charge in [-0.1, -0.05) is 36.4 Å². The van der Waals surface area contributed by atoms with Crippen LogP contribution in [0.4, 0.5) is 0 Å². The van der Waals surface area contributed by atoms with E-state index in [4.69, 9.17) is 9.47 Å². The second-order valence-electron chi connectivity index (χ2n) is 8.64. The molecule has 0 bridgehead atoms. The number of rotatable bonds is 10. The summed E-state index contributed by atoms with van der Waals surface area (Å²) in [6.45, 7) is 0.389. The van der Waals surface area contributed by atoms with Crippen molar-refractivity contribution in [3.05, 3.63) is 119 Å². The van der Waals surface area contributed by atoms with Crippen LogP contribution >= 0.6 is 11.7 Å². The van der Waals surface area contributed by atoms with Crippen LogP contribution in [0.15, 0.2) is 96.7 Å². The number of fused-ring (bicyclic) bond motifs is 1. The van der Waals surface area contributed by atoms with Gasteiger partial charge in [-0.2, -0.15) is 8.75 Å². The Labute approximate surface area is 228 Å². The topological polar surface area (TPSA) is 112 Å². The lowest BCUT2D eigenvalue weighted by atomic mass is 9.89. The molecular weight excluding hydrogens is 514 g/mol. The summed E-state index contributed by atoms with van der Waals surface area (Å²) >= 11 is 1.04. The molecule has 8 nitrogen and oxygen atoms in total. The fourth-order valence-electron chi connectivity index (χ4n) is 4.14. The molecular formula is C30H23N3O5S.